The zero-order valence-corrected chi connectivity index (χ0v) is 17.3. The van der Waals surface area contributed by atoms with Gasteiger partial charge in [0.25, 0.3) is 0 Å². The third kappa shape index (κ3) is 6.31. The Hall–Kier alpha value is -2.89. The largest absolute Gasteiger partial charge is 0.372 e. The number of aromatic nitrogens is 1. The third-order valence-electron chi connectivity index (χ3n) is 5.48. The average Bonchev–Trinajstić information content (AvgIpc) is 2.73. The highest BCUT2D eigenvalue weighted by Gasteiger charge is 2.16. The second-order valence-electron chi connectivity index (χ2n) is 7.81. The first-order valence-electron chi connectivity index (χ1n) is 10.3. The molecule has 0 spiro atoms. The SMILES string of the molecule is CC(=O)N(CCC(=O)Nc1ccc(N2CCC(C)CC2)cc1)Cc1ccncc1. The Balaban J connectivity index is 1.48. The number of anilines is 2. The highest BCUT2D eigenvalue weighted by Crippen LogP contribution is 2.24. The molecule has 6 heteroatoms. The van der Waals surface area contributed by atoms with Crippen molar-refractivity contribution in [2.24, 2.45) is 5.92 Å². The molecule has 1 fully saturated rings. The van der Waals surface area contributed by atoms with E-state index >= 15 is 0 Å². The number of nitrogens with one attached hydrogen (secondary N) is 1. The molecule has 1 aromatic heterocycles. The van der Waals surface area contributed by atoms with E-state index in [-0.39, 0.29) is 18.2 Å². The van der Waals surface area contributed by atoms with Crippen molar-refractivity contribution >= 4 is 23.2 Å². The highest BCUT2D eigenvalue weighted by atomic mass is 16.2. The second kappa shape index (κ2) is 10.0. The van der Waals surface area contributed by atoms with E-state index < -0.39 is 0 Å². The van der Waals surface area contributed by atoms with Gasteiger partial charge in [-0.25, -0.2) is 0 Å². The summed E-state index contributed by atoms with van der Waals surface area (Å²) in [6, 6.07) is 11.8. The van der Waals surface area contributed by atoms with E-state index in [1.54, 1.807) is 17.3 Å². The van der Waals surface area contributed by atoms with E-state index in [1.807, 2.05) is 24.3 Å². The van der Waals surface area contributed by atoms with Crippen LogP contribution in [0.25, 0.3) is 0 Å². The summed E-state index contributed by atoms with van der Waals surface area (Å²) in [5.74, 6) is 0.665. The number of pyridine rings is 1. The van der Waals surface area contributed by atoms with Gasteiger partial charge in [0.15, 0.2) is 0 Å². The molecule has 3 rings (SSSR count). The maximum atomic E-state index is 12.3. The smallest absolute Gasteiger partial charge is 0.226 e. The Morgan fingerprint density at radius 3 is 2.38 bits per heavy atom. The van der Waals surface area contributed by atoms with Crippen molar-refractivity contribution in [3.8, 4) is 0 Å². The molecule has 6 nitrogen and oxygen atoms in total. The number of benzene rings is 1. The van der Waals surface area contributed by atoms with Gasteiger partial charge in [-0.15, -0.1) is 0 Å². The van der Waals surface area contributed by atoms with E-state index in [0.717, 1.165) is 30.3 Å². The van der Waals surface area contributed by atoms with Gasteiger partial charge in [-0.1, -0.05) is 6.92 Å². The van der Waals surface area contributed by atoms with Crippen molar-refractivity contribution in [2.45, 2.75) is 39.7 Å². The predicted octanol–water partition coefficient (Wildman–Crippen LogP) is 3.70. The van der Waals surface area contributed by atoms with Gasteiger partial charge in [-0.2, -0.15) is 0 Å². The molecule has 0 saturated carbocycles. The minimum atomic E-state index is -0.0921. The van der Waals surface area contributed by atoms with E-state index in [2.05, 4.69) is 34.3 Å². The molecule has 1 aliphatic heterocycles. The summed E-state index contributed by atoms with van der Waals surface area (Å²) in [6.45, 7) is 6.87. The van der Waals surface area contributed by atoms with Gasteiger partial charge in [-0.05, 0) is 60.7 Å². The number of carbonyl (C=O) groups excluding carboxylic acids is 2. The summed E-state index contributed by atoms with van der Waals surface area (Å²) in [5.41, 5.74) is 2.99. The Bertz CT molecular complexity index is 799. The maximum Gasteiger partial charge on any atom is 0.226 e. The molecule has 1 N–H and O–H groups in total. The summed E-state index contributed by atoms with van der Waals surface area (Å²) in [6.07, 6.45) is 6.12. The van der Waals surface area contributed by atoms with Crippen molar-refractivity contribution in [3.63, 3.8) is 0 Å². The quantitative estimate of drug-likeness (QED) is 0.778. The van der Waals surface area contributed by atoms with E-state index in [0.29, 0.717) is 13.1 Å². The molecular weight excluding hydrogens is 364 g/mol. The number of amides is 2. The minimum absolute atomic E-state index is 0.0465. The average molecular weight is 395 g/mol. The molecule has 2 heterocycles. The van der Waals surface area contributed by atoms with E-state index in [1.165, 1.54) is 25.5 Å². The number of nitrogens with zero attached hydrogens (tertiary/aromatic N) is 3. The number of piperidine rings is 1. The van der Waals surface area contributed by atoms with Gasteiger partial charge in [0.2, 0.25) is 11.8 Å². The van der Waals surface area contributed by atoms with Crippen molar-refractivity contribution in [3.05, 3.63) is 54.4 Å². The number of carbonyl (C=O) groups is 2. The number of hydrogen-bond donors (Lipinski definition) is 1. The Labute approximate surface area is 172 Å². The van der Waals surface area contributed by atoms with Crippen LogP contribution in [-0.4, -0.2) is 41.3 Å². The standard InChI is InChI=1S/C23H30N4O2/c1-18-9-14-26(15-10-18)22-5-3-21(4-6-22)25-23(29)11-16-27(19(2)28)17-20-7-12-24-13-8-20/h3-8,12-13,18H,9-11,14-17H2,1-2H3,(H,25,29). The maximum absolute atomic E-state index is 12.3. The predicted molar refractivity (Wildman–Crippen MR) is 116 cm³/mol. The molecule has 1 aliphatic rings. The minimum Gasteiger partial charge on any atom is -0.372 e. The Morgan fingerprint density at radius 2 is 1.76 bits per heavy atom. The van der Waals surface area contributed by atoms with E-state index in [4.69, 9.17) is 0 Å². The molecule has 0 bridgehead atoms. The highest BCUT2D eigenvalue weighted by molar-refractivity contribution is 5.91. The van der Waals surface area contributed by atoms with Crippen LogP contribution in [0.5, 0.6) is 0 Å². The van der Waals surface area contributed by atoms with Crippen LogP contribution in [0.15, 0.2) is 48.8 Å². The first kappa shape index (κ1) is 20.8. The molecule has 0 radical (unpaired) electrons. The fourth-order valence-electron chi connectivity index (χ4n) is 3.54. The summed E-state index contributed by atoms with van der Waals surface area (Å²) in [7, 11) is 0. The Kier molecular flexibility index (Phi) is 7.22. The molecule has 2 amide bonds. The molecule has 0 unspecified atom stereocenters. The molecule has 29 heavy (non-hydrogen) atoms. The van der Waals surface area contributed by atoms with Crippen LogP contribution < -0.4 is 10.2 Å². The first-order valence-corrected chi connectivity index (χ1v) is 10.3. The van der Waals surface area contributed by atoms with Crippen LogP contribution in [-0.2, 0) is 16.1 Å². The van der Waals surface area contributed by atoms with Crippen LogP contribution in [0.1, 0.15) is 38.7 Å². The topological polar surface area (TPSA) is 65.5 Å². The van der Waals surface area contributed by atoms with Gasteiger partial charge in [0, 0.05) is 63.3 Å². The lowest BCUT2D eigenvalue weighted by molar-refractivity contribution is -0.129. The van der Waals surface area contributed by atoms with Gasteiger partial charge in [0.1, 0.15) is 0 Å². The summed E-state index contributed by atoms with van der Waals surface area (Å²) < 4.78 is 0. The lowest BCUT2D eigenvalue weighted by Crippen LogP contribution is -2.32. The fraction of sp³-hybridized carbons (Fsp3) is 0.435. The molecule has 0 atom stereocenters. The van der Waals surface area contributed by atoms with Crippen LogP contribution in [0.2, 0.25) is 0 Å². The lowest BCUT2D eigenvalue weighted by Gasteiger charge is -2.32. The monoisotopic (exact) mass is 394 g/mol. The van der Waals surface area contributed by atoms with Crippen LogP contribution in [0.3, 0.4) is 0 Å². The van der Waals surface area contributed by atoms with E-state index in [9.17, 15) is 9.59 Å². The summed E-state index contributed by atoms with van der Waals surface area (Å²) in [5, 5.41) is 2.93. The summed E-state index contributed by atoms with van der Waals surface area (Å²) >= 11 is 0. The third-order valence-corrected chi connectivity index (χ3v) is 5.48. The zero-order valence-electron chi connectivity index (χ0n) is 17.3. The Morgan fingerprint density at radius 1 is 1.10 bits per heavy atom. The van der Waals surface area contributed by atoms with Gasteiger partial charge in [-0.3, -0.25) is 14.6 Å². The molecule has 0 aliphatic carbocycles. The molecule has 1 aromatic carbocycles. The fourth-order valence-corrected chi connectivity index (χ4v) is 3.54. The van der Waals surface area contributed by atoms with Crippen molar-refractivity contribution < 1.29 is 9.59 Å². The van der Waals surface area contributed by atoms with Gasteiger partial charge in [0.05, 0.1) is 0 Å². The van der Waals surface area contributed by atoms with Crippen LogP contribution in [0.4, 0.5) is 11.4 Å². The number of hydrogen-bond acceptors (Lipinski definition) is 4. The van der Waals surface area contributed by atoms with Crippen molar-refractivity contribution in [2.75, 3.05) is 29.9 Å². The molecule has 2 aromatic rings. The normalized spacial score (nSPS) is 14.5. The van der Waals surface area contributed by atoms with Gasteiger partial charge >= 0.3 is 0 Å². The van der Waals surface area contributed by atoms with Crippen LogP contribution >= 0.6 is 0 Å². The van der Waals surface area contributed by atoms with Gasteiger partial charge < -0.3 is 15.1 Å². The molecule has 154 valence electrons. The van der Waals surface area contributed by atoms with Crippen molar-refractivity contribution in [1.82, 2.24) is 9.88 Å². The zero-order chi connectivity index (χ0) is 20.6. The first-order chi connectivity index (χ1) is 14.0. The van der Waals surface area contributed by atoms with Crippen molar-refractivity contribution in [1.29, 1.82) is 0 Å². The van der Waals surface area contributed by atoms with Crippen LogP contribution in [0, 0.1) is 5.92 Å². The summed E-state index contributed by atoms with van der Waals surface area (Å²) in [4.78, 5) is 32.3. The molecular formula is C23H30N4O2. The molecule has 1 saturated heterocycles. The second-order valence-corrected chi connectivity index (χ2v) is 7.81. The number of rotatable bonds is 7. The lowest BCUT2D eigenvalue weighted by atomic mass is 9.99.